The van der Waals surface area contributed by atoms with Crippen LogP contribution >= 0.6 is 0 Å². The van der Waals surface area contributed by atoms with E-state index in [2.05, 4.69) is 0 Å². The number of carbonyl (C=O) groups excluding carboxylic acids is 2. The number of ether oxygens (including phenoxy) is 1. The monoisotopic (exact) mass is 250 g/mol. The molecule has 0 saturated heterocycles. The average molecular weight is 250 g/mol. The third-order valence-corrected chi connectivity index (χ3v) is 2.74. The van der Waals surface area contributed by atoms with Gasteiger partial charge in [-0.25, -0.2) is 0 Å². The summed E-state index contributed by atoms with van der Waals surface area (Å²) in [4.78, 5) is 24.3. The number of rotatable bonds is 5. The minimum Gasteiger partial charge on any atom is -0.372 e. The number of nitrogens with two attached hydrogens (primary N) is 1. The zero-order valence-corrected chi connectivity index (χ0v) is 10.8. The summed E-state index contributed by atoms with van der Waals surface area (Å²) in [5.74, 6) is -0.546. The highest BCUT2D eigenvalue weighted by molar-refractivity contribution is 5.92. The van der Waals surface area contributed by atoms with Gasteiger partial charge in [0.1, 0.15) is 6.10 Å². The molecule has 0 spiro atoms. The summed E-state index contributed by atoms with van der Waals surface area (Å²) in [7, 11) is 3.21. The number of amides is 2. The van der Waals surface area contributed by atoms with Gasteiger partial charge < -0.3 is 15.4 Å². The molecule has 2 N–H and O–H groups in total. The van der Waals surface area contributed by atoms with Gasteiger partial charge in [-0.15, -0.1) is 0 Å². The third kappa shape index (κ3) is 3.56. The van der Waals surface area contributed by atoms with Gasteiger partial charge in [0.25, 0.3) is 5.91 Å². The van der Waals surface area contributed by atoms with Gasteiger partial charge in [-0.3, -0.25) is 9.59 Å². The first-order valence-electron chi connectivity index (χ1n) is 5.62. The van der Waals surface area contributed by atoms with Crippen LogP contribution in [-0.4, -0.2) is 37.0 Å². The number of nitrogens with zero attached hydrogens (tertiary/aromatic N) is 1. The van der Waals surface area contributed by atoms with Crippen molar-refractivity contribution in [2.45, 2.75) is 19.6 Å². The topological polar surface area (TPSA) is 72.6 Å². The molecule has 0 saturated carbocycles. The van der Waals surface area contributed by atoms with Crippen molar-refractivity contribution in [1.82, 2.24) is 4.90 Å². The molecule has 1 aromatic carbocycles. The second kappa shape index (κ2) is 6.16. The molecule has 1 atom stereocenters. The van der Waals surface area contributed by atoms with E-state index in [9.17, 15) is 9.59 Å². The van der Waals surface area contributed by atoms with Crippen LogP contribution in [0.3, 0.4) is 0 Å². The molecule has 0 aliphatic rings. The smallest absolute Gasteiger partial charge is 0.251 e. The van der Waals surface area contributed by atoms with Crippen LogP contribution < -0.4 is 5.73 Å². The zero-order valence-electron chi connectivity index (χ0n) is 10.8. The van der Waals surface area contributed by atoms with Gasteiger partial charge >= 0.3 is 0 Å². The van der Waals surface area contributed by atoms with Crippen LogP contribution in [-0.2, 0) is 16.1 Å². The quantitative estimate of drug-likeness (QED) is 0.839. The highest BCUT2D eigenvalue weighted by Gasteiger charge is 2.16. The van der Waals surface area contributed by atoms with Gasteiger partial charge in [-0.05, 0) is 24.6 Å². The van der Waals surface area contributed by atoms with Crippen LogP contribution in [0.5, 0.6) is 0 Å². The predicted molar refractivity (Wildman–Crippen MR) is 67.9 cm³/mol. The lowest BCUT2D eigenvalue weighted by Crippen LogP contribution is -2.35. The molecule has 18 heavy (non-hydrogen) atoms. The molecule has 1 aromatic rings. The molecule has 5 nitrogen and oxygen atoms in total. The van der Waals surface area contributed by atoms with Gasteiger partial charge in [0.2, 0.25) is 5.91 Å². The summed E-state index contributed by atoms with van der Waals surface area (Å²) in [6.45, 7) is 2.17. The summed E-state index contributed by atoms with van der Waals surface area (Å²) in [6.07, 6.45) is -0.458. The Labute approximate surface area is 107 Å². The lowest BCUT2D eigenvalue weighted by Gasteiger charge is -2.20. The van der Waals surface area contributed by atoms with Crippen LogP contribution in [0.25, 0.3) is 0 Å². The van der Waals surface area contributed by atoms with Crippen LogP contribution in [0.2, 0.25) is 0 Å². The van der Waals surface area contributed by atoms with Crippen molar-refractivity contribution in [1.29, 1.82) is 0 Å². The average Bonchev–Trinajstić information content (AvgIpc) is 2.37. The maximum atomic E-state index is 11.8. The Balaban J connectivity index is 2.67. The molecule has 2 amide bonds. The second-order valence-corrected chi connectivity index (χ2v) is 4.13. The van der Waals surface area contributed by atoms with Gasteiger partial charge in [0.15, 0.2) is 0 Å². The summed E-state index contributed by atoms with van der Waals surface area (Å²) in [6, 6.07) is 6.86. The van der Waals surface area contributed by atoms with E-state index >= 15 is 0 Å². The first-order chi connectivity index (χ1) is 8.45. The SMILES string of the molecule is COC(C)C(=O)N(C)Cc1ccc(C(N)=O)cc1. The lowest BCUT2D eigenvalue weighted by atomic mass is 10.1. The number of hydrogen-bond donors (Lipinski definition) is 1. The highest BCUT2D eigenvalue weighted by Crippen LogP contribution is 2.08. The molecule has 0 aliphatic heterocycles. The predicted octanol–water partition coefficient (Wildman–Crippen LogP) is 0.779. The van der Waals surface area contributed by atoms with E-state index in [0.29, 0.717) is 12.1 Å². The second-order valence-electron chi connectivity index (χ2n) is 4.13. The van der Waals surface area contributed by atoms with E-state index in [-0.39, 0.29) is 5.91 Å². The summed E-state index contributed by atoms with van der Waals surface area (Å²) < 4.78 is 4.97. The molecular weight excluding hydrogens is 232 g/mol. The fourth-order valence-electron chi connectivity index (χ4n) is 1.54. The Morgan fingerprint density at radius 3 is 2.33 bits per heavy atom. The van der Waals surface area contributed by atoms with Gasteiger partial charge in [-0.2, -0.15) is 0 Å². The third-order valence-electron chi connectivity index (χ3n) is 2.74. The molecule has 0 bridgehead atoms. The Hall–Kier alpha value is -1.88. The number of hydrogen-bond acceptors (Lipinski definition) is 3. The van der Waals surface area contributed by atoms with E-state index in [0.717, 1.165) is 5.56 Å². The standard InChI is InChI=1S/C13H18N2O3/c1-9(18-3)13(17)15(2)8-10-4-6-11(7-5-10)12(14)16/h4-7,9H,8H2,1-3H3,(H2,14,16). The van der Waals surface area contributed by atoms with Crippen molar-refractivity contribution in [2.75, 3.05) is 14.2 Å². The van der Waals surface area contributed by atoms with E-state index in [4.69, 9.17) is 10.5 Å². The Morgan fingerprint density at radius 1 is 1.33 bits per heavy atom. The van der Waals surface area contributed by atoms with E-state index in [1.165, 1.54) is 7.11 Å². The molecule has 5 heteroatoms. The maximum absolute atomic E-state index is 11.8. The van der Waals surface area contributed by atoms with Crippen LogP contribution in [0.4, 0.5) is 0 Å². The minimum absolute atomic E-state index is 0.0866. The number of methoxy groups -OCH3 is 1. The fraction of sp³-hybridized carbons (Fsp3) is 0.385. The molecule has 1 unspecified atom stereocenters. The summed E-state index contributed by atoms with van der Waals surface area (Å²) >= 11 is 0. The van der Waals surface area contributed by atoms with Gasteiger partial charge in [0, 0.05) is 26.3 Å². The number of primary amides is 1. The highest BCUT2D eigenvalue weighted by atomic mass is 16.5. The molecule has 0 radical (unpaired) electrons. The van der Waals surface area contributed by atoms with Crippen molar-refractivity contribution in [3.8, 4) is 0 Å². The molecule has 0 fully saturated rings. The van der Waals surface area contributed by atoms with Crippen molar-refractivity contribution < 1.29 is 14.3 Å². The van der Waals surface area contributed by atoms with Crippen molar-refractivity contribution in [3.63, 3.8) is 0 Å². The van der Waals surface area contributed by atoms with E-state index < -0.39 is 12.0 Å². The van der Waals surface area contributed by atoms with Crippen LogP contribution in [0.15, 0.2) is 24.3 Å². The largest absolute Gasteiger partial charge is 0.372 e. The van der Waals surface area contributed by atoms with Gasteiger partial charge in [-0.1, -0.05) is 12.1 Å². The number of likely N-dealkylation sites (N-methyl/N-ethyl adjacent to an activating group) is 1. The maximum Gasteiger partial charge on any atom is 0.251 e. The van der Waals surface area contributed by atoms with Crippen molar-refractivity contribution in [2.24, 2.45) is 5.73 Å². The van der Waals surface area contributed by atoms with Crippen molar-refractivity contribution >= 4 is 11.8 Å². The van der Waals surface area contributed by atoms with E-state index in [1.54, 1.807) is 43.1 Å². The van der Waals surface area contributed by atoms with Crippen LogP contribution in [0.1, 0.15) is 22.8 Å². The molecule has 98 valence electrons. The Kier molecular flexibility index (Phi) is 4.85. The fourth-order valence-corrected chi connectivity index (χ4v) is 1.54. The van der Waals surface area contributed by atoms with E-state index in [1.807, 2.05) is 0 Å². The number of benzene rings is 1. The molecule has 0 heterocycles. The molecule has 1 rings (SSSR count). The minimum atomic E-state index is -0.459. The summed E-state index contributed by atoms with van der Waals surface area (Å²) in [5, 5.41) is 0. The first-order valence-corrected chi connectivity index (χ1v) is 5.62. The zero-order chi connectivity index (χ0) is 13.7. The normalized spacial score (nSPS) is 11.9. The molecule has 0 aliphatic carbocycles. The van der Waals surface area contributed by atoms with Gasteiger partial charge in [0.05, 0.1) is 0 Å². The molecular formula is C13H18N2O3. The number of carbonyl (C=O) groups is 2. The lowest BCUT2D eigenvalue weighted by molar-refractivity contribution is -0.140. The Bertz CT molecular complexity index is 428. The Morgan fingerprint density at radius 2 is 1.89 bits per heavy atom. The first kappa shape index (κ1) is 14.2. The summed E-state index contributed by atoms with van der Waals surface area (Å²) in [5.41, 5.74) is 6.54. The van der Waals surface area contributed by atoms with Crippen LogP contribution in [0, 0.1) is 0 Å². The van der Waals surface area contributed by atoms with Crippen molar-refractivity contribution in [3.05, 3.63) is 35.4 Å². The molecule has 0 aromatic heterocycles.